The van der Waals surface area contributed by atoms with Crippen molar-refractivity contribution in [3.8, 4) is 0 Å². The van der Waals surface area contributed by atoms with E-state index in [1.807, 2.05) is 29.2 Å². The Bertz CT molecular complexity index is 634. The number of para-hydroxylation sites is 2. The van der Waals surface area contributed by atoms with Crippen LogP contribution in [0.5, 0.6) is 0 Å². The normalized spacial score (nSPS) is 10.3. The van der Waals surface area contributed by atoms with E-state index in [2.05, 4.69) is 4.98 Å². The molecular formula is C15H16ClN3O2. The Morgan fingerprint density at radius 1 is 1.33 bits per heavy atom. The van der Waals surface area contributed by atoms with Crippen LogP contribution in [0.3, 0.4) is 0 Å². The predicted octanol–water partition coefficient (Wildman–Crippen LogP) is 2.80. The molecule has 0 saturated heterocycles. The van der Waals surface area contributed by atoms with Crippen molar-refractivity contribution in [2.75, 3.05) is 17.2 Å². The maximum absolute atomic E-state index is 10.8. The minimum Gasteiger partial charge on any atom is -0.481 e. The topological polar surface area (TPSA) is 79.5 Å². The summed E-state index contributed by atoms with van der Waals surface area (Å²) >= 11 is 6.12. The Balaban J connectivity index is 2.26. The minimum absolute atomic E-state index is 0.0248. The van der Waals surface area contributed by atoms with Gasteiger partial charge in [-0.3, -0.25) is 9.78 Å². The molecule has 0 amide bonds. The van der Waals surface area contributed by atoms with Gasteiger partial charge in [0.2, 0.25) is 0 Å². The molecule has 1 heterocycles. The third kappa shape index (κ3) is 4.10. The second-order valence-corrected chi connectivity index (χ2v) is 5.00. The highest BCUT2D eigenvalue weighted by Gasteiger charge is 2.13. The van der Waals surface area contributed by atoms with Crippen LogP contribution in [0.15, 0.2) is 42.7 Å². The standard InChI is InChI=1S/C15H16ClN3O2/c16-12-9-18-7-5-11(12)10-19(8-6-15(20)21)14-4-2-1-3-13(14)17/h1-5,7,9H,6,8,10,17H2,(H,20,21). The summed E-state index contributed by atoms with van der Waals surface area (Å²) in [6.07, 6.45) is 3.25. The number of hydrogen-bond donors (Lipinski definition) is 2. The molecule has 0 radical (unpaired) electrons. The van der Waals surface area contributed by atoms with Crippen LogP contribution in [0.4, 0.5) is 11.4 Å². The molecule has 5 nitrogen and oxygen atoms in total. The third-order valence-corrected chi connectivity index (χ3v) is 3.43. The van der Waals surface area contributed by atoms with E-state index in [-0.39, 0.29) is 6.42 Å². The van der Waals surface area contributed by atoms with Crippen molar-refractivity contribution in [2.24, 2.45) is 0 Å². The van der Waals surface area contributed by atoms with Gasteiger partial charge in [-0.05, 0) is 23.8 Å². The van der Waals surface area contributed by atoms with Crippen molar-refractivity contribution >= 4 is 28.9 Å². The summed E-state index contributed by atoms with van der Waals surface area (Å²) in [5.41, 5.74) is 8.26. The van der Waals surface area contributed by atoms with Crippen LogP contribution in [0, 0.1) is 0 Å². The van der Waals surface area contributed by atoms with Gasteiger partial charge in [0.25, 0.3) is 0 Å². The van der Waals surface area contributed by atoms with Crippen LogP contribution < -0.4 is 10.6 Å². The first-order valence-corrected chi connectivity index (χ1v) is 6.85. The van der Waals surface area contributed by atoms with Gasteiger partial charge in [0, 0.05) is 25.5 Å². The highest BCUT2D eigenvalue weighted by Crippen LogP contribution is 2.26. The largest absolute Gasteiger partial charge is 0.481 e. The Hall–Kier alpha value is -2.27. The lowest BCUT2D eigenvalue weighted by Gasteiger charge is -2.26. The van der Waals surface area contributed by atoms with Gasteiger partial charge in [0.1, 0.15) is 0 Å². The zero-order valence-electron chi connectivity index (χ0n) is 11.4. The minimum atomic E-state index is -0.852. The number of hydrogen-bond acceptors (Lipinski definition) is 4. The number of carboxylic acid groups (broad SMARTS) is 1. The van der Waals surface area contributed by atoms with Crippen molar-refractivity contribution < 1.29 is 9.90 Å². The van der Waals surface area contributed by atoms with Gasteiger partial charge in [-0.2, -0.15) is 0 Å². The second-order valence-electron chi connectivity index (χ2n) is 4.59. The Morgan fingerprint density at radius 2 is 2.10 bits per heavy atom. The molecule has 0 bridgehead atoms. The van der Waals surface area contributed by atoms with E-state index >= 15 is 0 Å². The van der Waals surface area contributed by atoms with Gasteiger partial charge in [-0.1, -0.05) is 23.7 Å². The quantitative estimate of drug-likeness (QED) is 0.802. The number of aliphatic carboxylic acids is 1. The van der Waals surface area contributed by atoms with Crippen molar-refractivity contribution in [1.82, 2.24) is 4.98 Å². The lowest BCUT2D eigenvalue weighted by atomic mass is 10.2. The summed E-state index contributed by atoms with van der Waals surface area (Å²) in [6, 6.07) is 9.18. The number of nitrogens with zero attached hydrogens (tertiary/aromatic N) is 2. The van der Waals surface area contributed by atoms with Crippen LogP contribution in [-0.4, -0.2) is 22.6 Å². The molecule has 0 aliphatic heterocycles. The number of carboxylic acids is 1. The maximum Gasteiger partial charge on any atom is 0.305 e. The van der Waals surface area contributed by atoms with Gasteiger partial charge in [0.15, 0.2) is 0 Å². The number of anilines is 2. The van der Waals surface area contributed by atoms with Crippen molar-refractivity contribution in [2.45, 2.75) is 13.0 Å². The molecule has 3 N–H and O–H groups in total. The van der Waals surface area contributed by atoms with Crippen molar-refractivity contribution in [3.05, 3.63) is 53.3 Å². The molecule has 110 valence electrons. The molecule has 0 fully saturated rings. The van der Waals surface area contributed by atoms with Gasteiger partial charge >= 0.3 is 5.97 Å². The monoisotopic (exact) mass is 305 g/mol. The van der Waals surface area contributed by atoms with E-state index in [9.17, 15) is 4.79 Å². The highest BCUT2D eigenvalue weighted by atomic mass is 35.5. The fraction of sp³-hybridized carbons (Fsp3) is 0.200. The molecule has 2 rings (SSSR count). The average molecular weight is 306 g/mol. The molecule has 1 aromatic carbocycles. The Kier molecular flexibility index (Phi) is 5.00. The van der Waals surface area contributed by atoms with E-state index < -0.39 is 5.97 Å². The number of nitrogens with two attached hydrogens (primary N) is 1. The van der Waals surface area contributed by atoms with Crippen LogP contribution in [0.25, 0.3) is 0 Å². The number of nitrogen functional groups attached to an aromatic ring is 1. The zero-order chi connectivity index (χ0) is 15.2. The number of carbonyl (C=O) groups is 1. The first-order valence-electron chi connectivity index (χ1n) is 6.47. The molecule has 1 aromatic heterocycles. The first kappa shape index (κ1) is 15.1. The zero-order valence-corrected chi connectivity index (χ0v) is 12.1. The predicted molar refractivity (Wildman–Crippen MR) is 83.4 cm³/mol. The van der Waals surface area contributed by atoms with Crippen LogP contribution in [0.1, 0.15) is 12.0 Å². The summed E-state index contributed by atoms with van der Waals surface area (Å²) < 4.78 is 0. The van der Waals surface area contributed by atoms with Crippen LogP contribution >= 0.6 is 11.6 Å². The highest BCUT2D eigenvalue weighted by molar-refractivity contribution is 6.31. The lowest BCUT2D eigenvalue weighted by molar-refractivity contribution is -0.136. The SMILES string of the molecule is Nc1ccccc1N(CCC(=O)O)Cc1ccncc1Cl. The van der Waals surface area contributed by atoms with E-state index in [0.29, 0.717) is 23.8 Å². The molecule has 0 spiro atoms. The third-order valence-electron chi connectivity index (χ3n) is 3.09. The number of aromatic nitrogens is 1. The van der Waals surface area contributed by atoms with E-state index in [0.717, 1.165) is 11.3 Å². The van der Waals surface area contributed by atoms with Gasteiger partial charge < -0.3 is 15.7 Å². The first-order chi connectivity index (χ1) is 10.1. The number of halogens is 1. The van der Waals surface area contributed by atoms with Gasteiger partial charge in [0.05, 0.1) is 22.8 Å². The van der Waals surface area contributed by atoms with Gasteiger partial charge in [-0.15, -0.1) is 0 Å². The summed E-state index contributed by atoms with van der Waals surface area (Å²) in [4.78, 5) is 16.7. The Morgan fingerprint density at radius 3 is 2.76 bits per heavy atom. The van der Waals surface area contributed by atoms with E-state index in [1.165, 1.54) is 0 Å². The average Bonchev–Trinajstić information content (AvgIpc) is 2.46. The molecule has 21 heavy (non-hydrogen) atoms. The summed E-state index contributed by atoms with van der Waals surface area (Å²) in [5, 5.41) is 9.45. The summed E-state index contributed by atoms with van der Waals surface area (Å²) in [5.74, 6) is -0.852. The summed E-state index contributed by atoms with van der Waals surface area (Å²) in [6.45, 7) is 0.824. The maximum atomic E-state index is 10.8. The number of pyridine rings is 1. The van der Waals surface area contributed by atoms with E-state index in [4.69, 9.17) is 22.4 Å². The van der Waals surface area contributed by atoms with Gasteiger partial charge in [-0.25, -0.2) is 0 Å². The van der Waals surface area contributed by atoms with Crippen molar-refractivity contribution in [3.63, 3.8) is 0 Å². The van der Waals surface area contributed by atoms with E-state index in [1.54, 1.807) is 18.5 Å². The molecular weight excluding hydrogens is 290 g/mol. The van der Waals surface area contributed by atoms with Crippen molar-refractivity contribution in [1.29, 1.82) is 0 Å². The Labute approximate surface area is 128 Å². The van der Waals surface area contributed by atoms with Crippen LogP contribution in [0.2, 0.25) is 5.02 Å². The van der Waals surface area contributed by atoms with Crippen LogP contribution in [-0.2, 0) is 11.3 Å². The summed E-state index contributed by atoms with van der Waals surface area (Å²) in [7, 11) is 0. The second kappa shape index (κ2) is 6.95. The fourth-order valence-corrected chi connectivity index (χ4v) is 2.21. The fourth-order valence-electron chi connectivity index (χ4n) is 2.03. The molecule has 0 saturated carbocycles. The molecule has 0 unspecified atom stereocenters. The molecule has 2 aromatic rings. The molecule has 0 aliphatic rings. The molecule has 6 heteroatoms. The molecule has 0 atom stereocenters. The number of benzene rings is 1. The molecule has 0 aliphatic carbocycles. The smallest absolute Gasteiger partial charge is 0.305 e. The number of rotatable bonds is 6. The lowest BCUT2D eigenvalue weighted by Crippen LogP contribution is -2.26.